The maximum absolute atomic E-state index is 6.05. The van der Waals surface area contributed by atoms with Crippen molar-refractivity contribution in [1.29, 1.82) is 0 Å². The van der Waals surface area contributed by atoms with E-state index in [4.69, 9.17) is 5.73 Å². The van der Waals surface area contributed by atoms with E-state index >= 15 is 0 Å². The number of nitrogens with zero attached hydrogens (tertiary/aromatic N) is 2. The Morgan fingerprint density at radius 3 is 2.46 bits per heavy atom. The van der Waals surface area contributed by atoms with E-state index in [1.807, 2.05) is 12.1 Å². The molecule has 1 saturated heterocycles. The van der Waals surface area contributed by atoms with E-state index in [9.17, 15) is 0 Å². The van der Waals surface area contributed by atoms with Crippen molar-refractivity contribution in [2.45, 2.75) is 45.7 Å². The Morgan fingerprint density at radius 1 is 1.08 bits per heavy atom. The van der Waals surface area contributed by atoms with Crippen LogP contribution in [0.3, 0.4) is 0 Å². The summed E-state index contributed by atoms with van der Waals surface area (Å²) >= 11 is 0. The summed E-state index contributed by atoms with van der Waals surface area (Å²) < 4.78 is 0. The molecule has 0 bridgehead atoms. The zero-order chi connectivity index (χ0) is 18.4. The summed E-state index contributed by atoms with van der Waals surface area (Å²) in [5, 5.41) is 3.19. The van der Waals surface area contributed by atoms with Gasteiger partial charge in [-0.05, 0) is 60.7 Å². The topological polar surface area (TPSA) is 53.6 Å². The summed E-state index contributed by atoms with van der Waals surface area (Å²) in [5.74, 6) is 0.945. The molecule has 2 aromatic rings. The van der Waals surface area contributed by atoms with Gasteiger partial charge in [-0.15, -0.1) is 0 Å². The first kappa shape index (κ1) is 18.5. The molecule has 4 heteroatoms. The number of hydrogen-bond acceptors (Lipinski definition) is 2. The molecule has 138 valence electrons. The van der Waals surface area contributed by atoms with Crippen LogP contribution in [0, 0.1) is 0 Å². The van der Waals surface area contributed by atoms with Crippen LogP contribution >= 0.6 is 0 Å². The van der Waals surface area contributed by atoms with Gasteiger partial charge in [-0.25, -0.2) is 4.99 Å². The first-order chi connectivity index (χ1) is 12.6. The highest BCUT2D eigenvalue weighted by atomic mass is 15.1. The molecule has 0 aliphatic carbocycles. The molecule has 1 fully saturated rings. The van der Waals surface area contributed by atoms with Crippen molar-refractivity contribution < 1.29 is 0 Å². The molecule has 0 spiro atoms. The second kappa shape index (κ2) is 8.86. The highest BCUT2D eigenvalue weighted by Gasteiger charge is 2.11. The molecule has 26 heavy (non-hydrogen) atoms. The average Bonchev–Trinajstić information content (AvgIpc) is 3.14. The number of likely N-dealkylation sites (tertiary alicyclic amines) is 1. The number of anilines is 1. The third kappa shape index (κ3) is 5.33. The lowest BCUT2D eigenvalue weighted by molar-refractivity contribution is 0.331. The predicted molar refractivity (Wildman–Crippen MR) is 110 cm³/mol. The molecule has 3 N–H and O–H groups in total. The Hall–Kier alpha value is -2.33. The lowest BCUT2D eigenvalue weighted by Crippen LogP contribution is -2.22. The van der Waals surface area contributed by atoms with Crippen LogP contribution in [-0.4, -0.2) is 23.9 Å². The van der Waals surface area contributed by atoms with E-state index < -0.39 is 0 Å². The third-order valence-corrected chi connectivity index (χ3v) is 4.89. The smallest absolute Gasteiger partial charge is 0.193 e. The predicted octanol–water partition coefficient (Wildman–Crippen LogP) is 4.33. The number of nitrogens with one attached hydrogen (secondary N) is 1. The zero-order valence-electron chi connectivity index (χ0n) is 15.9. The Kier molecular flexibility index (Phi) is 6.29. The van der Waals surface area contributed by atoms with Gasteiger partial charge in [-0.2, -0.15) is 0 Å². The van der Waals surface area contributed by atoms with E-state index in [1.54, 1.807) is 0 Å². The van der Waals surface area contributed by atoms with Crippen LogP contribution in [0.15, 0.2) is 53.5 Å². The molecule has 0 aromatic heterocycles. The molecule has 0 saturated carbocycles. The second-order valence-corrected chi connectivity index (χ2v) is 7.41. The summed E-state index contributed by atoms with van der Waals surface area (Å²) in [5.41, 5.74) is 10.9. The minimum Gasteiger partial charge on any atom is -0.370 e. The van der Waals surface area contributed by atoms with Crippen molar-refractivity contribution in [1.82, 2.24) is 4.90 Å². The Labute approximate surface area is 157 Å². The van der Waals surface area contributed by atoms with Crippen LogP contribution in [0.1, 0.15) is 49.3 Å². The highest BCUT2D eigenvalue weighted by Crippen LogP contribution is 2.18. The third-order valence-electron chi connectivity index (χ3n) is 4.89. The minimum atomic E-state index is 0.451. The van der Waals surface area contributed by atoms with Gasteiger partial charge in [-0.3, -0.25) is 4.90 Å². The number of rotatable bonds is 6. The molecule has 2 aromatic carbocycles. The summed E-state index contributed by atoms with van der Waals surface area (Å²) in [7, 11) is 0. The Morgan fingerprint density at radius 2 is 1.77 bits per heavy atom. The molecular weight excluding hydrogens is 320 g/mol. The van der Waals surface area contributed by atoms with Gasteiger partial charge in [0.2, 0.25) is 0 Å². The van der Waals surface area contributed by atoms with E-state index in [0.717, 1.165) is 12.2 Å². The van der Waals surface area contributed by atoms with Crippen molar-refractivity contribution in [2.24, 2.45) is 10.7 Å². The van der Waals surface area contributed by atoms with E-state index in [1.165, 1.54) is 42.6 Å². The number of benzene rings is 2. The van der Waals surface area contributed by atoms with Crippen molar-refractivity contribution >= 4 is 11.6 Å². The van der Waals surface area contributed by atoms with Gasteiger partial charge >= 0.3 is 0 Å². The fourth-order valence-corrected chi connectivity index (χ4v) is 3.29. The van der Waals surface area contributed by atoms with E-state index in [0.29, 0.717) is 18.4 Å². The summed E-state index contributed by atoms with van der Waals surface area (Å²) in [6, 6.07) is 17.0. The van der Waals surface area contributed by atoms with Gasteiger partial charge in [-0.1, -0.05) is 50.2 Å². The lowest BCUT2D eigenvalue weighted by Gasteiger charge is -2.14. The average molecular weight is 351 g/mol. The number of aliphatic imine (C=N–C) groups is 1. The Bertz CT molecular complexity index is 728. The van der Waals surface area contributed by atoms with Crippen LogP contribution in [0.25, 0.3) is 0 Å². The molecular formula is C22H30N4. The number of nitrogens with two attached hydrogens (primary N) is 1. The van der Waals surface area contributed by atoms with Gasteiger partial charge in [0.25, 0.3) is 0 Å². The molecule has 0 radical (unpaired) electrons. The molecule has 0 unspecified atom stereocenters. The van der Waals surface area contributed by atoms with Gasteiger partial charge in [0.1, 0.15) is 0 Å². The van der Waals surface area contributed by atoms with Crippen LogP contribution in [0.5, 0.6) is 0 Å². The first-order valence-electron chi connectivity index (χ1n) is 9.57. The highest BCUT2D eigenvalue weighted by molar-refractivity contribution is 5.92. The molecule has 4 nitrogen and oxygen atoms in total. The molecule has 0 atom stereocenters. The van der Waals surface area contributed by atoms with Crippen molar-refractivity contribution in [2.75, 3.05) is 18.4 Å². The van der Waals surface area contributed by atoms with E-state index in [-0.39, 0.29) is 0 Å². The van der Waals surface area contributed by atoms with Crippen molar-refractivity contribution in [3.05, 3.63) is 65.2 Å². The molecule has 1 aliphatic rings. The largest absolute Gasteiger partial charge is 0.370 e. The fourth-order valence-electron chi connectivity index (χ4n) is 3.29. The quantitative estimate of drug-likeness (QED) is 0.602. The molecule has 0 amide bonds. The van der Waals surface area contributed by atoms with Crippen LogP contribution in [-0.2, 0) is 13.1 Å². The normalized spacial score (nSPS) is 15.6. The van der Waals surface area contributed by atoms with Gasteiger partial charge in [0, 0.05) is 12.2 Å². The first-order valence-corrected chi connectivity index (χ1v) is 9.57. The van der Waals surface area contributed by atoms with Crippen LogP contribution in [0.4, 0.5) is 5.69 Å². The standard InChI is InChI=1S/C22H30N4/c1-17(2)20-6-5-7-21(14-20)25-22(23)24-15-18-8-10-19(11-9-18)16-26-12-3-4-13-26/h5-11,14,17H,3-4,12-13,15-16H2,1-2H3,(H3,23,24,25). The minimum absolute atomic E-state index is 0.451. The molecule has 1 aliphatic heterocycles. The van der Waals surface area contributed by atoms with Gasteiger partial charge in [0.05, 0.1) is 6.54 Å². The van der Waals surface area contributed by atoms with Crippen LogP contribution in [0.2, 0.25) is 0 Å². The van der Waals surface area contributed by atoms with E-state index in [2.05, 4.69) is 65.5 Å². The number of hydrogen-bond donors (Lipinski definition) is 2. The maximum atomic E-state index is 6.05. The Balaban J connectivity index is 1.54. The SMILES string of the molecule is CC(C)c1cccc(NC(N)=NCc2ccc(CN3CCCC3)cc2)c1. The van der Waals surface area contributed by atoms with Crippen LogP contribution < -0.4 is 11.1 Å². The lowest BCUT2D eigenvalue weighted by atomic mass is 10.0. The zero-order valence-corrected chi connectivity index (χ0v) is 15.9. The van der Waals surface area contributed by atoms with Crippen molar-refractivity contribution in [3.8, 4) is 0 Å². The monoisotopic (exact) mass is 350 g/mol. The maximum Gasteiger partial charge on any atom is 0.193 e. The van der Waals surface area contributed by atoms with Gasteiger partial charge in [0.15, 0.2) is 5.96 Å². The number of guanidine groups is 1. The summed E-state index contributed by atoms with van der Waals surface area (Å²) in [6.45, 7) is 8.47. The summed E-state index contributed by atoms with van der Waals surface area (Å²) in [4.78, 5) is 6.98. The fraction of sp³-hybridized carbons (Fsp3) is 0.409. The molecule has 3 rings (SSSR count). The second-order valence-electron chi connectivity index (χ2n) is 7.41. The molecule has 1 heterocycles. The summed E-state index contributed by atoms with van der Waals surface area (Å²) in [6.07, 6.45) is 2.66. The van der Waals surface area contributed by atoms with Crippen molar-refractivity contribution in [3.63, 3.8) is 0 Å². The van der Waals surface area contributed by atoms with Gasteiger partial charge < -0.3 is 11.1 Å².